The summed E-state index contributed by atoms with van der Waals surface area (Å²) in [6.07, 6.45) is 0. The van der Waals surface area contributed by atoms with E-state index in [0.29, 0.717) is 5.82 Å². The summed E-state index contributed by atoms with van der Waals surface area (Å²) in [6.45, 7) is 6.28. The van der Waals surface area contributed by atoms with Gasteiger partial charge in [0.25, 0.3) is 0 Å². The van der Waals surface area contributed by atoms with Gasteiger partial charge in [-0.2, -0.15) is 5.21 Å². The van der Waals surface area contributed by atoms with Gasteiger partial charge in [0, 0.05) is 6.04 Å². The van der Waals surface area contributed by atoms with Crippen LogP contribution in [0.4, 0.5) is 0 Å². The van der Waals surface area contributed by atoms with Crippen LogP contribution in [-0.2, 0) is 0 Å². The Morgan fingerprint density at radius 1 is 1.18 bits per heavy atom. The van der Waals surface area contributed by atoms with Gasteiger partial charge < -0.3 is 5.32 Å². The van der Waals surface area contributed by atoms with Crippen molar-refractivity contribution in [2.75, 3.05) is 0 Å². The number of nitrogens with one attached hydrogen (secondary N) is 2. The largest absolute Gasteiger partial charge is 0.301 e. The molecule has 2 N–H and O–H groups in total. The van der Waals surface area contributed by atoms with Crippen molar-refractivity contribution in [3.63, 3.8) is 0 Å². The molecule has 17 heavy (non-hydrogen) atoms. The van der Waals surface area contributed by atoms with Gasteiger partial charge in [0.05, 0.1) is 6.04 Å². The highest BCUT2D eigenvalue weighted by Gasteiger charge is 2.15. The Balaban J connectivity index is 2.07. The molecule has 2 rings (SSSR count). The summed E-state index contributed by atoms with van der Waals surface area (Å²) in [7, 11) is 0. The van der Waals surface area contributed by atoms with E-state index in [1.165, 1.54) is 11.1 Å². The molecule has 0 amide bonds. The quantitative estimate of drug-likeness (QED) is 0.843. The van der Waals surface area contributed by atoms with Gasteiger partial charge >= 0.3 is 0 Å². The summed E-state index contributed by atoms with van der Waals surface area (Å²) in [5.74, 6) is 0.686. The van der Waals surface area contributed by atoms with Gasteiger partial charge in [-0.05, 0) is 31.9 Å². The molecule has 0 saturated carbocycles. The first kappa shape index (κ1) is 11.7. The molecule has 0 spiro atoms. The number of hydrogen-bond acceptors (Lipinski definition) is 4. The van der Waals surface area contributed by atoms with E-state index in [1.54, 1.807) is 0 Å². The Morgan fingerprint density at radius 2 is 1.94 bits per heavy atom. The van der Waals surface area contributed by atoms with Crippen LogP contribution in [0.1, 0.15) is 42.9 Å². The standard InChI is InChI=1S/C12H17N5/c1-8-6-4-5-7-11(8)9(2)13-10(3)12-14-16-17-15-12/h4-7,9-10,13H,1-3H3,(H,14,15,16,17). The molecule has 1 aromatic carbocycles. The van der Waals surface area contributed by atoms with Crippen LogP contribution in [0.3, 0.4) is 0 Å². The number of tetrazole rings is 1. The molecule has 2 aromatic rings. The first-order valence-electron chi connectivity index (χ1n) is 5.73. The SMILES string of the molecule is Cc1ccccc1C(C)NC(C)c1nn[nH]n1. The lowest BCUT2D eigenvalue weighted by Crippen LogP contribution is -2.24. The third-order valence-corrected chi connectivity index (χ3v) is 2.90. The highest BCUT2D eigenvalue weighted by molar-refractivity contribution is 5.28. The van der Waals surface area contributed by atoms with Crippen LogP contribution in [0.15, 0.2) is 24.3 Å². The summed E-state index contributed by atoms with van der Waals surface area (Å²) in [5.41, 5.74) is 2.58. The minimum Gasteiger partial charge on any atom is -0.301 e. The molecule has 5 nitrogen and oxygen atoms in total. The van der Waals surface area contributed by atoms with Gasteiger partial charge in [-0.15, -0.1) is 10.2 Å². The second kappa shape index (κ2) is 5.05. The molecule has 0 radical (unpaired) electrons. The third-order valence-electron chi connectivity index (χ3n) is 2.90. The van der Waals surface area contributed by atoms with Crippen molar-refractivity contribution in [3.05, 3.63) is 41.2 Å². The molecule has 0 saturated heterocycles. The van der Waals surface area contributed by atoms with Gasteiger partial charge in [-0.3, -0.25) is 0 Å². The molecule has 0 aliphatic heterocycles. The number of aryl methyl sites for hydroxylation is 1. The van der Waals surface area contributed by atoms with Gasteiger partial charge in [-0.25, -0.2) is 0 Å². The van der Waals surface area contributed by atoms with Crippen molar-refractivity contribution in [1.29, 1.82) is 0 Å². The maximum absolute atomic E-state index is 3.98. The second-order valence-corrected chi connectivity index (χ2v) is 4.24. The molecule has 0 aliphatic carbocycles. The summed E-state index contributed by atoms with van der Waals surface area (Å²) >= 11 is 0. The average Bonchev–Trinajstić information content (AvgIpc) is 2.82. The van der Waals surface area contributed by atoms with Crippen molar-refractivity contribution in [2.24, 2.45) is 0 Å². The zero-order valence-corrected chi connectivity index (χ0v) is 10.3. The van der Waals surface area contributed by atoms with Crippen molar-refractivity contribution in [2.45, 2.75) is 32.9 Å². The Morgan fingerprint density at radius 3 is 2.59 bits per heavy atom. The van der Waals surface area contributed by atoms with Gasteiger partial charge in [0.2, 0.25) is 0 Å². The predicted molar refractivity (Wildman–Crippen MR) is 65.3 cm³/mol. The summed E-state index contributed by atoms with van der Waals surface area (Å²) < 4.78 is 0. The molecule has 0 aliphatic rings. The molecular formula is C12H17N5. The zero-order chi connectivity index (χ0) is 12.3. The lowest BCUT2D eigenvalue weighted by atomic mass is 10.0. The fourth-order valence-corrected chi connectivity index (χ4v) is 1.96. The van der Waals surface area contributed by atoms with Crippen LogP contribution in [0, 0.1) is 6.92 Å². The lowest BCUT2D eigenvalue weighted by Gasteiger charge is -2.19. The van der Waals surface area contributed by atoms with E-state index in [2.05, 4.69) is 58.0 Å². The summed E-state index contributed by atoms with van der Waals surface area (Å²) in [4.78, 5) is 0. The van der Waals surface area contributed by atoms with E-state index in [0.717, 1.165) is 0 Å². The van der Waals surface area contributed by atoms with E-state index in [4.69, 9.17) is 0 Å². The number of H-pyrrole nitrogens is 1. The van der Waals surface area contributed by atoms with Crippen molar-refractivity contribution in [3.8, 4) is 0 Å². The number of benzene rings is 1. The smallest absolute Gasteiger partial charge is 0.191 e. The van der Waals surface area contributed by atoms with E-state index >= 15 is 0 Å². The molecule has 0 fully saturated rings. The van der Waals surface area contributed by atoms with E-state index < -0.39 is 0 Å². The Kier molecular flexibility index (Phi) is 3.49. The monoisotopic (exact) mass is 231 g/mol. The normalized spacial score (nSPS) is 14.5. The molecule has 0 bridgehead atoms. The second-order valence-electron chi connectivity index (χ2n) is 4.24. The molecule has 5 heteroatoms. The maximum Gasteiger partial charge on any atom is 0.191 e. The maximum atomic E-state index is 3.98. The van der Waals surface area contributed by atoms with Crippen LogP contribution < -0.4 is 5.32 Å². The average molecular weight is 231 g/mol. The Labute approximate surface area is 101 Å². The van der Waals surface area contributed by atoms with Gasteiger partial charge in [0.15, 0.2) is 5.82 Å². The van der Waals surface area contributed by atoms with Crippen molar-refractivity contribution in [1.82, 2.24) is 25.9 Å². The molecule has 1 aromatic heterocycles. The Bertz CT molecular complexity index is 466. The third kappa shape index (κ3) is 2.68. The Hall–Kier alpha value is -1.75. The fraction of sp³-hybridized carbons (Fsp3) is 0.417. The van der Waals surface area contributed by atoms with Crippen LogP contribution in [0.2, 0.25) is 0 Å². The van der Waals surface area contributed by atoms with E-state index in [-0.39, 0.29) is 12.1 Å². The minimum atomic E-state index is 0.0726. The van der Waals surface area contributed by atoms with Crippen LogP contribution in [0.25, 0.3) is 0 Å². The number of nitrogens with zero attached hydrogens (tertiary/aromatic N) is 3. The van der Waals surface area contributed by atoms with Crippen LogP contribution >= 0.6 is 0 Å². The highest BCUT2D eigenvalue weighted by Crippen LogP contribution is 2.19. The molecule has 2 atom stereocenters. The van der Waals surface area contributed by atoms with Crippen LogP contribution in [-0.4, -0.2) is 20.6 Å². The number of hydrogen-bond donors (Lipinski definition) is 2. The summed E-state index contributed by atoms with van der Waals surface area (Å²) in [6, 6.07) is 8.68. The highest BCUT2D eigenvalue weighted by atomic mass is 15.5. The molecule has 1 heterocycles. The topological polar surface area (TPSA) is 66.5 Å². The van der Waals surface area contributed by atoms with Crippen molar-refractivity contribution < 1.29 is 0 Å². The molecule has 2 unspecified atom stereocenters. The fourth-order valence-electron chi connectivity index (χ4n) is 1.96. The lowest BCUT2D eigenvalue weighted by molar-refractivity contribution is 0.475. The van der Waals surface area contributed by atoms with Crippen LogP contribution in [0.5, 0.6) is 0 Å². The molecular weight excluding hydrogens is 214 g/mol. The first-order chi connectivity index (χ1) is 8.18. The van der Waals surface area contributed by atoms with Gasteiger partial charge in [0.1, 0.15) is 0 Å². The van der Waals surface area contributed by atoms with E-state index in [1.807, 2.05) is 13.0 Å². The van der Waals surface area contributed by atoms with Gasteiger partial charge in [-0.1, -0.05) is 29.5 Å². The predicted octanol–water partition coefficient (Wildman–Crippen LogP) is 1.92. The number of aromatic nitrogens is 4. The van der Waals surface area contributed by atoms with Crippen molar-refractivity contribution >= 4 is 0 Å². The number of rotatable bonds is 4. The van der Waals surface area contributed by atoms with E-state index in [9.17, 15) is 0 Å². The summed E-state index contributed by atoms with van der Waals surface area (Å²) in [5, 5.41) is 17.4. The zero-order valence-electron chi connectivity index (χ0n) is 10.3. The first-order valence-corrected chi connectivity index (χ1v) is 5.73. The molecule has 90 valence electrons. The minimum absolute atomic E-state index is 0.0726. The number of aromatic amines is 1.